The summed E-state index contributed by atoms with van der Waals surface area (Å²) in [4.78, 5) is 4.20. The van der Waals surface area contributed by atoms with Crippen molar-refractivity contribution in [2.45, 2.75) is 42.9 Å². The van der Waals surface area contributed by atoms with Gasteiger partial charge in [-0.3, -0.25) is 9.71 Å². The number of anilines is 1. The van der Waals surface area contributed by atoms with Gasteiger partial charge in [0.2, 0.25) is 0 Å². The molecule has 1 aromatic carbocycles. The number of nitrogens with one attached hydrogen (secondary N) is 1. The van der Waals surface area contributed by atoms with E-state index in [1.807, 2.05) is 12.1 Å². The molecule has 0 unspecified atom stereocenters. The van der Waals surface area contributed by atoms with Crippen LogP contribution in [-0.2, 0) is 10.0 Å². The van der Waals surface area contributed by atoms with E-state index in [9.17, 15) is 8.42 Å². The maximum absolute atomic E-state index is 12.4. The molecule has 1 saturated carbocycles. The molecule has 0 saturated heterocycles. The molecule has 0 atom stereocenters. The molecule has 2 aromatic rings. The van der Waals surface area contributed by atoms with Gasteiger partial charge in [0, 0.05) is 6.20 Å². The molecule has 0 radical (unpaired) electrons. The minimum atomic E-state index is -3.55. The van der Waals surface area contributed by atoms with Crippen LogP contribution in [0.1, 0.15) is 43.6 Å². The van der Waals surface area contributed by atoms with Gasteiger partial charge in [0.25, 0.3) is 10.0 Å². The molecule has 1 heterocycles. The van der Waals surface area contributed by atoms with E-state index in [1.165, 1.54) is 43.9 Å². The maximum atomic E-state index is 12.4. The second-order valence-electron chi connectivity index (χ2n) is 5.75. The molecule has 1 aliphatic rings. The van der Waals surface area contributed by atoms with Crippen LogP contribution in [0.25, 0.3) is 0 Å². The van der Waals surface area contributed by atoms with E-state index in [-0.39, 0.29) is 4.90 Å². The normalized spacial score (nSPS) is 16.4. The van der Waals surface area contributed by atoms with Crippen LogP contribution < -0.4 is 4.72 Å². The Balaban J connectivity index is 1.76. The molecule has 1 N–H and O–H groups in total. The third kappa shape index (κ3) is 3.47. The third-order valence-electron chi connectivity index (χ3n) is 4.18. The smallest absolute Gasteiger partial charge is 0.261 e. The summed E-state index contributed by atoms with van der Waals surface area (Å²) >= 11 is 0. The summed E-state index contributed by atoms with van der Waals surface area (Å²) < 4.78 is 27.2. The minimum Gasteiger partial charge on any atom is -0.278 e. The van der Waals surface area contributed by atoms with Gasteiger partial charge in [-0.1, -0.05) is 31.4 Å². The second-order valence-corrected chi connectivity index (χ2v) is 7.43. The second kappa shape index (κ2) is 6.48. The van der Waals surface area contributed by atoms with E-state index >= 15 is 0 Å². The van der Waals surface area contributed by atoms with Crippen LogP contribution in [0.2, 0.25) is 0 Å². The monoisotopic (exact) mass is 316 g/mol. The standard InChI is InChI=1S/C17H20N2O2S/c20-22(21,19-16-7-4-12-18-13-16)17-10-8-15(9-11-17)14-5-2-1-3-6-14/h4,7-14,19H,1-3,5-6H2. The summed E-state index contributed by atoms with van der Waals surface area (Å²) in [6, 6.07) is 10.7. The average Bonchev–Trinajstić information content (AvgIpc) is 2.56. The zero-order chi connectivity index (χ0) is 15.4. The van der Waals surface area contributed by atoms with Gasteiger partial charge < -0.3 is 0 Å². The molecule has 3 rings (SSSR count). The van der Waals surface area contributed by atoms with E-state index in [2.05, 4.69) is 9.71 Å². The van der Waals surface area contributed by atoms with Crippen LogP contribution in [-0.4, -0.2) is 13.4 Å². The Morgan fingerprint density at radius 3 is 2.36 bits per heavy atom. The summed E-state index contributed by atoms with van der Waals surface area (Å²) in [6.45, 7) is 0. The lowest BCUT2D eigenvalue weighted by Gasteiger charge is -2.22. The van der Waals surface area contributed by atoms with Gasteiger partial charge in [-0.2, -0.15) is 0 Å². The highest BCUT2D eigenvalue weighted by Crippen LogP contribution is 2.33. The molecule has 4 nitrogen and oxygen atoms in total. The van der Waals surface area contributed by atoms with Gasteiger partial charge in [-0.15, -0.1) is 0 Å². The van der Waals surface area contributed by atoms with Crippen molar-refractivity contribution in [3.05, 3.63) is 54.4 Å². The Kier molecular flexibility index (Phi) is 4.43. The summed E-state index contributed by atoms with van der Waals surface area (Å²) in [5.41, 5.74) is 1.72. The van der Waals surface area contributed by atoms with E-state index in [0.717, 1.165) is 0 Å². The van der Waals surface area contributed by atoms with Crippen LogP contribution in [0.3, 0.4) is 0 Å². The van der Waals surface area contributed by atoms with Gasteiger partial charge in [0.1, 0.15) is 0 Å². The largest absolute Gasteiger partial charge is 0.278 e. The number of aromatic nitrogens is 1. The predicted molar refractivity (Wildman–Crippen MR) is 87.3 cm³/mol. The molecular weight excluding hydrogens is 296 g/mol. The average molecular weight is 316 g/mol. The molecule has 116 valence electrons. The fourth-order valence-corrected chi connectivity index (χ4v) is 4.04. The lowest BCUT2D eigenvalue weighted by Crippen LogP contribution is -2.13. The van der Waals surface area contributed by atoms with E-state index in [1.54, 1.807) is 30.5 Å². The predicted octanol–water partition coefficient (Wildman–Crippen LogP) is 3.93. The molecule has 0 aliphatic heterocycles. The minimum absolute atomic E-state index is 0.288. The van der Waals surface area contributed by atoms with Gasteiger partial charge in [-0.05, 0) is 48.6 Å². The molecular formula is C17H20N2O2S. The number of hydrogen-bond donors (Lipinski definition) is 1. The first-order valence-electron chi connectivity index (χ1n) is 7.68. The van der Waals surface area contributed by atoms with Crippen LogP contribution in [0, 0.1) is 0 Å². The molecule has 1 fully saturated rings. The number of benzene rings is 1. The van der Waals surface area contributed by atoms with Gasteiger partial charge in [-0.25, -0.2) is 8.42 Å². The summed E-state index contributed by atoms with van der Waals surface area (Å²) in [5.74, 6) is 0.580. The molecule has 5 heteroatoms. The highest BCUT2D eigenvalue weighted by molar-refractivity contribution is 7.92. The number of nitrogens with zero attached hydrogens (tertiary/aromatic N) is 1. The van der Waals surface area contributed by atoms with Crippen molar-refractivity contribution in [3.63, 3.8) is 0 Å². The van der Waals surface area contributed by atoms with E-state index < -0.39 is 10.0 Å². The van der Waals surface area contributed by atoms with Crippen LogP contribution in [0.15, 0.2) is 53.7 Å². The van der Waals surface area contributed by atoms with Gasteiger partial charge >= 0.3 is 0 Å². The Bertz CT molecular complexity index is 706. The summed E-state index contributed by atoms with van der Waals surface area (Å²) in [7, 11) is -3.55. The number of rotatable bonds is 4. The number of pyridine rings is 1. The Morgan fingerprint density at radius 1 is 1.00 bits per heavy atom. The highest BCUT2D eigenvalue weighted by Gasteiger charge is 2.18. The fraction of sp³-hybridized carbons (Fsp3) is 0.353. The third-order valence-corrected chi connectivity index (χ3v) is 5.58. The zero-order valence-electron chi connectivity index (χ0n) is 12.4. The summed E-state index contributed by atoms with van der Waals surface area (Å²) in [5, 5.41) is 0. The van der Waals surface area contributed by atoms with E-state index in [0.29, 0.717) is 11.6 Å². The SMILES string of the molecule is O=S(=O)(Nc1cccnc1)c1ccc(C2CCCCC2)cc1. The molecule has 0 bridgehead atoms. The van der Waals surface area contributed by atoms with Crippen molar-refractivity contribution in [3.8, 4) is 0 Å². The summed E-state index contributed by atoms with van der Waals surface area (Å²) in [6.07, 6.45) is 9.38. The van der Waals surface area contributed by atoms with Crippen LogP contribution >= 0.6 is 0 Å². The van der Waals surface area contributed by atoms with Crippen molar-refractivity contribution in [2.24, 2.45) is 0 Å². The van der Waals surface area contributed by atoms with Crippen molar-refractivity contribution < 1.29 is 8.42 Å². The van der Waals surface area contributed by atoms with Gasteiger partial charge in [0.05, 0.1) is 16.8 Å². The fourth-order valence-electron chi connectivity index (χ4n) is 2.99. The van der Waals surface area contributed by atoms with Crippen LogP contribution in [0.4, 0.5) is 5.69 Å². The maximum Gasteiger partial charge on any atom is 0.261 e. The number of sulfonamides is 1. The van der Waals surface area contributed by atoms with Crippen molar-refractivity contribution in [1.29, 1.82) is 0 Å². The Morgan fingerprint density at radius 2 is 1.73 bits per heavy atom. The molecule has 1 aromatic heterocycles. The highest BCUT2D eigenvalue weighted by atomic mass is 32.2. The molecule has 0 amide bonds. The Labute approximate surface area is 131 Å². The first-order valence-corrected chi connectivity index (χ1v) is 9.16. The zero-order valence-corrected chi connectivity index (χ0v) is 13.2. The first kappa shape index (κ1) is 15.0. The van der Waals surface area contributed by atoms with E-state index in [4.69, 9.17) is 0 Å². The number of hydrogen-bond acceptors (Lipinski definition) is 3. The molecule has 22 heavy (non-hydrogen) atoms. The topological polar surface area (TPSA) is 59.1 Å². The molecule has 1 aliphatic carbocycles. The first-order chi connectivity index (χ1) is 10.6. The lowest BCUT2D eigenvalue weighted by molar-refractivity contribution is 0.443. The molecule has 0 spiro atoms. The van der Waals surface area contributed by atoms with Crippen molar-refractivity contribution >= 4 is 15.7 Å². The lowest BCUT2D eigenvalue weighted by atomic mass is 9.84. The quantitative estimate of drug-likeness (QED) is 0.929. The van der Waals surface area contributed by atoms with Crippen molar-refractivity contribution in [2.75, 3.05) is 4.72 Å². The van der Waals surface area contributed by atoms with Gasteiger partial charge in [0.15, 0.2) is 0 Å². The Hall–Kier alpha value is -1.88. The van der Waals surface area contributed by atoms with Crippen LogP contribution in [0.5, 0.6) is 0 Å². The van der Waals surface area contributed by atoms with Crippen molar-refractivity contribution in [1.82, 2.24) is 4.98 Å².